The predicted octanol–water partition coefficient (Wildman–Crippen LogP) is 2.57. The number of aromatic nitrogens is 2. The Balaban J connectivity index is 2.67. The van der Waals surface area contributed by atoms with Gasteiger partial charge >= 0.3 is 0 Å². The molecule has 0 spiro atoms. The molecule has 1 heterocycles. The molecule has 2 N–H and O–H groups in total. The third-order valence-electron chi connectivity index (χ3n) is 2.19. The van der Waals surface area contributed by atoms with E-state index in [2.05, 4.69) is 37.1 Å². The van der Waals surface area contributed by atoms with Crippen molar-refractivity contribution in [2.24, 2.45) is 11.1 Å². The summed E-state index contributed by atoms with van der Waals surface area (Å²) >= 11 is 3.23. The lowest BCUT2D eigenvalue weighted by molar-refractivity contribution is 0.398. The highest BCUT2D eigenvalue weighted by molar-refractivity contribution is 8.01. The summed E-state index contributed by atoms with van der Waals surface area (Å²) in [5.74, 6) is 0.937. The van der Waals surface area contributed by atoms with Gasteiger partial charge in [-0.2, -0.15) is 4.37 Å². The van der Waals surface area contributed by atoms with Crippen LogP contribution < -0.4 is 5.73 Å². The quantitative estimate of drug-likeness (QED) is 0.828. The van der Waals surface area contributed by atoms with Gasteiger partial charge in [-0.05, 0) is 16.9 Å². The van der Waals surface area contributed by atoms with Gasteiger partial charge in [0.1, 0.15) is 5.82 Å². The van der Waals surface area contributed by atoms with Crippen molar-refractivity contribution in [2.45, 2.75) is 43.7 Å². The lowest BCUT2D eigenvalue weighted by atomic mass is 9.92. The second-order valence-corrected chi connectivity index (χ2v) is 6.74. The fraction of sp³-hybridized carbons (Fsp3) is 0.800. The fourth-order valence-electron chi connectivity index (χ4n) is 1.13. The Bertz CT molecular complexity index is 304. The molecule has 0 saturated heterocycles. The molecule has 1 rings (SSSR count). The van der Waals surface area contributed by atoms with Crippen molar-refractivity contribution in [3.05, 3.63) is 5.82 Å². The summed E-state index contributed by atoms with van der Waals surface area (Å²) in [7, 11) is 0. The maximum atomic E-state index is 5.78. The summed E-state index contributed by atoms with van der Waals surface area (Å²) in [6.45, 7) is 9.37. The summed E-state index contributed by atoms with van der Waals surface area (Å²) < 4.78 is 5.31. The first-order chi connectivity index (χ1) is 6.97. The van der Waals surface area contributed by atoms with E-state index >= 15 is 0 Å². The number of aryl methyl sites for hydroxylation is 1. The molecule has 0 aliphatic rings. The van der Waals surface area contributed by atoms with Crippen LogP contribution in [0.3, 0.4) is 0 Å². The van der Waals surface area contributed by atoms with Crippen molar-refractivity contribution in [3.8, 4) is 0 Å². The first-order valence-electron chi connectivity index (χ1n) is 5.16. The van der Waals surface area contributed by atoms with Crippen LogP contribution in [0, 0.1) is 5.41 Å². The molecule has 0 aliphatic carbocycles. The van der Waals surface area contributed by atoms with Crippen LogP contribution in [0.5, 0.6) is 0 Å². The van der Waals surface area contributed by atoms with E-state index in [0.29, 0.717) is 11.8 Å². The van der Waals surface area contributed by atoms with Crippen LogP contribution in [-0.4, -0.2) is 21.2 Å². The van der Waals surface area contributed by atoms with Crippen LogP contribution in [-0.2, 0) is 6.42 Å². The zero-order valence-electron chi connectivity index (χ0n) is 9.78. The lowest BCUT2D eigenvalue weighted by Crippen LogP contribution is -2.30. The van der Waals surface area contributed by atoms with E-state index in [1.54, 1.807) is 11.8 Å². The minimum atomic E-state index is 0.206. The third-order valence-corrected chi connectivity index (χ3v) is 4.73. The number of nitrogens with zero attached hydrogens (tertiary/aromatic N) is 2. The average molecular weight is 245 g/mol. The molecule has 5 heteroatoms. The Kier molecular flexibility index (Phi) is 4.55. The zero-order valence-corrected chi connectivity index (χ0v) is 11.4. The van der Waals surface area contributed by atoms with Crippen molar-refractivity contribution < 1.29 is 0 Å². The summed E-state index contributed by atoms with van der Waals surface area (Å²) in [6, 6.07) is 0. The van der Waals surface area contributed by atoms with E-state index in [9.17, 15) is 0 Å². The van der Waals surface area contributed by atoms with E-state index < -0.39 is 0 Å². The number of hydrogen-bond acceptors (Lipinski definition) is 5. The molecule has 1 unspecified atom stereocenters. The van der Waals surface area contributed by atoms with Gasteiger partial charge in [0.25, 0.3) is 0 Å². The highest BCUT2D eigenvalue weighted by Gasteiger charge is 2.25. The Hall–Kier alpha value is -0.130. The van der Waals surface area contributed by atoms with Crippen molar-refractivity contribution in [3.63, 3.8) is 0 Å². The lowest BCUT2D eigenvalue weighted by Gasteiger charge is -2.27. The van der Waals surface area contributed by atoms with E-state index in [1.807, 2.05) is 0 Å². The number of hydrogen-bond donors (Lipinski definition) is 1. The predicted molar refractivity (Wildman–Crippen MR) is 67.4 cm³/mol. The average Bonchev–Trinajstić information content (AvgIpc) is 2.59. The molecule has 1 aromatic heterocycles. The third kappa shape index (κ3) is 3.74. The number of nitrogens with two attached hydrogens (primary N) is 1. The molecule has 0 aromatic carbocycles. The monoisotopic (exact) mass is 245 g/mol. The van der Waals surface area contributed by atoms with Gasteiger partial charge in [-0.15, -0.1) is 0 Å². The second-order valence-electron chi connectivity index (χ2n) is 4.54. The van der Waals surface area contributed by atoms with Crippen LogP contribution in [0.25, 0.3) is 0 Å². The SMILES string of the molecule is CCc1nsc(SC(CN)C(C)(C)C)n1. The Labute approximate surface area is 100 Å². The first-order valence-corrected chi connectivity index (χ1v) is 6.82. The number of rotatable bonds is 4. The summed E-state index contributed by atoms with van der Waals surface area (Å²) in [5.41, 5.74) is 5.99. The van der Waals surface area contributed by atoms with Crippen LogP contribution in [0.2, 0.25) is 0 Å². The van der Waals surface area contributed by atoms with Crippen molar-refractivity contribution in [1.29, 1.82) is 0 Å². The maximum absolute atomic E-state index is 5.78. The minimum absolute atomic E-state index is 0.206. The van der Waals surface area contributed by atoms with Crippen LogP contribution in [0.1, 0.15) is 33.5 Å². The van der Waals surface area contributed by atoms with Gasteiger partial charge in [0.15, 0.2) is 4.34 Å². The Morgan fingerprint density at radius 1 is 1.47 bits per heavy atom. The van der Waals surface area contributed by atoms with E-state index in [0.717, 1.165) is 16.6 Å². The van der Waals surface area contributed by atoms with Crippen molar-refractivity contribution in [2.75, 3.05) is 6.54 Å². The molecule has 3 nitrogen and oxygen atoms in total. The highest BCUT2D eigenvalue weighted by Crippen LogP contribution is 2.35. The molecule has 0 amide bonds. The molecule has 0 radical (unpaired) electrons. The Morgan fingerprint density at radius 2 is 2.13 bits per heavy atom. The van der Waals surface area contributed by atoms with Gasteiger partial charge in [0, 0.05) is 18.2 Å². The summed E-state index contributed by atoms with van der Waals surface area (Å²) in [5, 5.41) is 0.398. The van der Waals surface area contributed by atoms with Crippen molar-refractivity contribution >= 4 is 23.3 Å². The normalized spacial score (nSPS) is 14.2. The molecule has 0 saturated carbocycles. The van der Waals surface area contributed by atoms with Gasteiger partial charge in [-0.3, -0.25) is 0 Å². The van der Waals surface area contributed by atoms with Crippen LogP contribution in [0.4, 0.5) is 0 Å². The molecule has 0 fully saturated rings. The van der Waals surface area contributed by atoms with E-state index in [-0.39, 0.29) is 5.41 Å². The topological polar surface area (TPSA) is 51.8 Å². The molecule has 15 heavy (non-hydrogen) atoms. The van der Waals surface area contributed by atoms with Gasteiger partial charge in [-0.25, -0.2) is 4.98 Å². The van der Waals surface area contributed by atoms with Gasteiger partial charge in [0.05, 0.1) is 0 Å². The molecular weight excluding hydrogens is 226 g/mol. The van der Waals surface area contributed by atoms with E-state index in [1.165, 1.54) is 11.5 Å². The second kappa shape index (κ2) is 5.27. The highest BCUT2D eigenvalue weighted by atomic mass is 32.2. The molecule has 1 aromatic rings. The van der Waals surface area contributed by atoms with E-state index in [4.69, 9.17) is 5.73 Å². The number of thioether (sulfide) groups is 1. The minimum Gasteiger partial charge on any atom is -0.329 e. The fourth-order valence-corrected chi connectivity index (χ4v) is 3.11. The summed E-state index contributed by atoms with van der Waals surface area (Å²) in [4.78, 5) is 4.44. The van der Waals surface area contributed by atoms with Gasteiger partial charge in [0.2, 0.25) is 0 Å². The van der Waals surface area contributed by atoms with Crippen molar-refractivity contribution in [1.82, 2.24) is 9.36 Å². The largest absolute Gasteiger partial charge is 0.329 e. The van der Waals surface area contributed by atoms with Gasteiger partial charge in [-0.1, -0.05) is 39.5 Å². The van der Waals surface area contributed by atoms with Crippen LogP contribution >= 0.6 is 23.3 Å². The smallest absolute Gasteiger partial charge is 0.170 e. The maximum Gasteiger partial charge on any atom is 0.170 e. The molecule has 86 valence electrons. The zero-order chi connectivity index (χ0) is 11.5. The molecule has 0 aliphatic heterocycles. The molecule has 1 atom stereocenters. The van der Waals surface area contributed by atoms with Crippen LogP contribution in [0.15, 0.2) is 4.34 Å². The van der Waals surface area contributed by atoms with Gasteiger partial charge < -0.3 is 5.73 Å². The molecule has 0 bridgehead atoms. The standard InChI is InChI=1S/C10H19N3S2/c1-5-8-12-9(15-13-8)14-7(6-11)10(2,3)4/h7H,5-6,11H2,1-4H3. The first kappa shape index (κ1) is 12.9. The Morgan fingerprint density at radius 3 is 2.53 bits per heavy atom. The summed E-state index contributed by atoms with van der Waals surface area (Å²) in [6.07, 6.45) is 0.903. The molecular formula is C10H19N3S2.